The van der Waals surface area contributed by atoms with Crippen molar-refractivity contribution in [1.82, 2.24) is 18.5 Å². The molecule has 0 aromatic carbocycles. The van der Waals surface area contributed by atoms with Crippen molar-refractivity contribution in [2.24, 2.45) is 0 Å². The molecule has 7 nitrogen and oxygen atoms in total. The van der Waals surface area contributed by atoms with Crippen LogP contribution < -0.4 is 18.5 Å². The Balaban J connectivity index is -0.000000135. The summed E-state index contributed by atoms with van der Waals surface area (Å²) in [6.07, 6.45) is 0. The predicted octanol–water partition coefficient (Wildman–Crippen LogP) is 2.90. The summed E-state index contributed by atoms with van der Waals surface area (Å²) in [6, 6.07) is 0. The standard InChI is InChI=1S/FHO2.FO.3FH.3H3N.O.Ti/c1-3-2;1-2;;;;;;;;/h2H;;3*1H;3*1H3;;/q;-1;;;;;;;;+2/p-1. The van der Waals surface area contributed by atoms with Crippen LogP contribution in [0.1, 0.15) is 0 Å². The number of quaternary nitrogens is 3. The van der Waals surface area contributed by atoms with E-state index >= 15 is 0 Å². The zero-order valence-corrected chi connectivity index (χ0v) is 8.58. The first kappa shape index (κ1) is 23.1. The van der Waals surface area contributed by atoms with E-state index in [-0.39, 0.29) is 18.5 Å². The van der Waals surface area contributed by atoms with Gasteiger partial charge in [-0.2, -0.15) is 0 Å². The summed E-state index contributed by atoms with van der Waals surface area (Å²) in [6.45, 7) is 0. The average molecular weight is 261 g/mol. The normalized spacial score (nSPS) is 15.2. The minimum absolute atomic E-state index is 0. The van der Waals surface area contributed by atoms with E-state index in [9.17, 15) is 21.7 Å². The van der Waals surface area contributed by atoms with E-state index in [0.29, 0.717) is 0 Å². The third-order valence-corrected chi connectivity index (χ3v) is 1.42. The monoisotopic (exact) mass is 261 g/mol. The van der Waals surface area contributed by atoms with Gasteiger partial charge in [0.25, 0.3) is 0 Å². The van der Waals surface area contributed by atoms with Crippen LogP contribution in [-0.2, 0) is 31.8 Å². The van der Waals surface area contributed by atoms with Gasteiger partial charge in [-0.15, -0.1) is 0 Å². The number of rotatable bonds is 3. The number of halogens is 5. The molecule has 0 fully saturated rings. The zero-order valence-electron chi connectivity index (χ0n) is 7.02. The maximum absolute atomic E-state index is 11.3. The van der Waals surface area contributed by atoms with E-state index in [0.717, 1.165) is 3.52 Å². The number of hydrogen-bond donors (Lipinski definition) is 3. The van der Waals surface area contributed by atoms with Crippen molar-refractivity contribution in [3.63, 3.8) is 0 Å². The first-order valence-corrected chi connectivity index (χ1v) is 5.34. The fourth-order valence-electron chi connectivity index (χ4n) is 0.0743. The van der Waals surface area contributed by atoms with Crippen LogP contribution in [-0.4, -0.2) is 0 Å². The Labute approximate surface area is 69.3 Å². The van der Waals surface area contributed by atoms with E-state index in [1.54, 1.807) is 3.47 Å². The van der Waals surface area contributed by atoms with Gasteiger partial charge in [0.15, 0.2) is 0 Å². The van der Waals surface area contributed by atoms with Crippen LogP contribution in [0.4, 0.5) is 18.3 Å². The second kappa shape index (κ2) is 4.43. The van der Waals surface area contributed by atoms with E-state index in [1.165, 1.54) is 5.09 Å². The Morgan fingerprint density at radius 1 is 0.923 bits per heavy atom. The van der Waals surface area contributed by atoms with Gasteiger partial charge in [0.1, 0.15) is 0 Å². The second-order valence-corrected chi connectivity index (χ2v) is 5.50. The summed E-state index contributed by atoms with van der Waals surface area (Å²) < 4.78 is 66.7. The Hall–Kier alpha value is -0.0757. The molecular formula is H12F5N3O4Ti. The van der Waals surface area contributed by atoms with Crippen molar-refractivity contribution in [2.75, 3.05) is 0 Å². The molecule has 0 unspecified atom stereocenters. The first-order valence-electron chi connectivity index (χ1n) is 1.65. The van der Waals surface area contributed by atoms with Crippen molar-refractivity contribution in [2.45, 2.75) is 0 Å². The molecule has 0 bridgehead atoms. The van der Waals surface area contributed by atoms with E-state index in [4.69, 9.17) is 0 Å². The Kier molecular flexibility index (Phi) is 7.86. The summed E-state index contributed by atoms with van der Waals surface area (Å²) >= 11 is -10.3. The summed E-state index contributed by atoms with van der Waals surface area (Å²) in [5.41, 5.74) is 0. The SMILES string of the molecule is [NH4+].[NH4+].[NH4+].[O]=[Ti-3]([F])([F])([F])([O]F)[O]OF. The van der Waals surface area contributed by atoms with Gasteiger partial charge in [-0.3, -0.25) is 0 Å². The minimum atomic E-state index is -10.3. The fourth-order valence-corrected chi connectivity index (χ4v) is 0.306. The molecule has 12 N–H and O–H groups in total. The van der Waals surface area contributed by atoms with Gasteiger partial charge >= 0.3 is 50.1 Å². The molecular weight excluding hydrogens is 249 g/mol. The first-order chi connectivity index (χ1) is 4.12. The van der Waals surface area contributed by atoms with Gasteiger partial charge in [-0.1, -0.05) is 0 Å². The summed E-state index contributed by atoms with van der Waals surface area (Å²) in [5.74, 6) is 0. The molecule has 0 aromatic rings. The molecule has 0 atom stereocenters. The van der Waals surface area contributed by atoms with E-state index in [1.807, 2.05) is 0 Å². The molecule has 13 heteroatoms. The van der Waals surface area contributed by atoms with E-state index in [2.05, 4.69) is 0 Å². The average Bonchev–Trinajstić information content (AvgIpc) is 1.64. The molecule has 0 spiro atoms. The zero-order chi connectivity index (χ0) is 8.53. The molecule has 0 aromatic heterocycles. The third-order valence-electron chi connectivity index (χ3n) is 0.345. The predicted molar refractivity (Wildman–Crippen MR) is 27.4 cm³/mol. The van der Waals surface area contributed by atoms with Crippen LogP contribution in [0.15, 0.2) is 0 Å². The van der Waals surface area contributed by atoms with Crippen molar-refractivity contribution in [1.29, 1.82) is 0 Å². The Morgan fingerprint density at radius 3 is 1.31 bits per heavy atom. The molecule has 0 rings (SSSR count). The molecule has 0 aliphatic rings. The Morgan fingerprint density at radius 2 is 1.23 bits per heavy atom. The van der Waals surface area contributed by atoms with Crippen LogP contribution in [0.2, 0.25) is 0 Å². The van der Waals surface area contributed by atoms with Gasteiger partial charge in [0.2, 0.25) is 0 Å². The van der Waals surface area contributed by atoms with Crippen molar-refractivity contribution >= 4 is 0 Å². The van der Waals surface area contributed by atoms with Crippen molar-refractivity contribution in [3.05, 3.63) is 0 Å². The van der Waals surface area contributed by atoms with Gasteiger partial charge < -0.3 is 18.5 Å². The van der Waals surface area contributed by atoms with Crippen molar-refractivity contribution in [3.8, 4) is 0 Å². The van der Waals surface area contributed by atoms with Crippen LogP contribution in [0, 0.1) is 0 Å². The molecule has 0 aliphatic carbocycles. The summed E-state index contributed by atoms with van der Waals surface area (Å²) in [5, 5.41) is 1.48. The van der Waals surface area contributed by atoms with Crippen molar-refractivity contribution < 1.29 is 50.1 Å². The van der Waals surface area contributed by atoms with Crippen LogP contribution in [0.3, 0.4) is 0 Å². The molecule has 90 valence electrons. The molecule has 0 heterocycles. The van der Waals surface area contributed by atoms with Gasteiger partial charge in [0.05, 0.1) is 0 Å². The molecule has 13 heavy (non-hydrogen) atoms. The number of hydrogen-bond acceptors (Lipinski definition) is 4. The van der Waals surface area contributed by atoms with Gasteiger partial charge in [-0.05, 0) is 0 Å². The van der Waals surface area contributed by atoms with Gasteiger partial charge in [0, 0.05) is 0 Å². The second-order valence-electron chi connectivity index (χ2n) is 1.38. The molecule has 0 aliphatic heterocycles. The van der Waals surface area contributed by atoms with Crippen LogP contribution in [0.25, 0.3) is 0 Å². The summed E-state index contributed by atoms with van der Waals surface area (Å²) in [7, 11) is 0. The van der Waals surface area contributed by atoms with Crippen LogP contribution >= 0.6 is 0 Å². The molecule has 0 radical (unpaired) electrons. The van der Waals surface area contributed by atoms with Crippen LogP contribution in [0.5, 0.6) is 0 Å². The molecule has 0 amide bonds. The molecule has 0 saturated carbocycles. The Bertz CT molecular complexity index is 210. The quantitative estimate of drug-likeness (QED) is 0.309. The maximum atomic E-state index is 11.3. The molecule has 0 saturated heterocycles. The van der Waals surface area contributed by atoms with E-state index < -0.39 is 16.4 Å². The topological polar surface area (TPSA) is 154 Å². The fraction of sp³-hybridized carbons (Fsp3) is 0. The van der Waals surface area contributed by atoms with Gasteiger partial charge in [-0.25, -0.2) is 0 Å². The summed E-state index contributed by atoms with van der Waals surface area (Å²) in [4.78, 5) is 0. The third kappa shape index (κ3) is 9.84.